The van der Waals surface area contributed by atoms with E-state index in [4.69, 9.17) is 15.6 Å². The van der Waals surface area contributed by atoms with Crippen LogP contribution in [-0.2, 0) is 4.74 Å². The second kappa shape index (κ2) is 5.05. The van der Waals surface area contributed by atoms with E-state index in [-0.39, 0.29) is 24.2 Å². The highest BCUT2D eigenvalue weighted by molar-refractivity contribution is 5.21. The Labute approximate surface area is 104 Å². The Morgan fingerprint density at radius 3 is 3.00 bits per heavy atom. The number of hydrogen-bond donors (Lipinski definition) is 3. The van der Waals surface area contributed by atoms with Gasteiger partial charge in [0.25, 0.3) is 5.56 Å². The van der Waals surface area contributed by atoms with Crippen LogP contribution < -0.4 is 11.3 Å². The van der Waals surface area contributed by atoms with E-state index >= 15 is 0 Å². The van der Waals surface area contributed by atoms with Crippen molar-refractivity contribution in [1.82, 2.24) is 9.55 Å². The van der Waals surface area contributed by atoms with Crippen molar-refractivity contribution in [2.45, 2.75) is 31.6 Å². The van der Waals surface area contributed by atoms with Crippen molar-refractivity contribution in [3.63, 3.8) is 0 Å². The molecule has 7 heteroatoms. The lowest BCUT2D eigenvalue weighted by atomic mass is 10.0. The van der Waals surface area contributed by atoms with E-state index < -0.39 is 12.2 Å². The topological polar surface area (TPSA) is 111 Å². The monoisotopic (exact) mass is 255 g/mol. The Hall–Kier alpha value is -1.44. The maximum absolute atomic E-state index is 11.3. The van der Waals surface area contributed by atoms with Crippen molar-refractivity contribution in [3.8, 4) is 0 Å². The van der Waals surface area contributed by atoms with Gasteiger partial charge in [0.2, 0.25) is 5.95 Å². The predicted molar refractivity (Wildman–Crippen MR) is 64.1 cm³/mol. The number of nitrogen functional groups attached to an aromatic ring is 1. The number of anilines is 1. The first-order chi connectivity index (χ1) is 8.52. The lowest BCUT2D eigenvalue weighted by molar-refractivity contribution is -0.112. The van der Waals surface area contributed by atoms with E-state index in [1.807, 2.05) is 0 Å². The molecule has 1 aliphatic heterocycles. The van der Waals surface area contributed by atoms with Crippen molar-refractivity contribution in [1.29, 1.82) is 0 Å². The Balaban J connectivity index is 2.23. The Morgan fingerprint density at radius 2 is 2.39 bits per heavy atom. The second-order valence-corrected chi connectivity index (χ2v) is 4.51. The molecule has 0 spiro atoms. The molecule has 2 heterocycles. The van der Waals surface area contributed by atoms with Crippen LogP contribution in [0.4, 0.5) is 5.95 Å². The molecule has 0 saturated carbocycles. The van der Waals surface area contributed by atoms with Crippen LogP contribution in [0.2, 0.25) is 0 Å². The number of aromatic nitrogens is 2. The summed E-state index contributed by atoms with van der Waals surface area (Å²) < 4.78 is 6.98. The summed E-state index contributed by atoms with van der Waals surface area (Å²) in [5, 5.41) is 18.8. The predicted octanol–water partition coefficient (Wildman–Crippen LogP) is -1.18. The molecule has 1 aromatic rings. The second-order valence-electron chi connectivity index (χ2n) is 4.51. The first-order valence-corrected chi connectivity index (χ1v) is 5.78. The SMILES string of the molecule is Cc1cn([C@@H]2CO[C@H](CO)[C@@H](O)C2)c(N)nc1=O. The third kappa shape index (κ3) is 2.38. The number of nitrogens with zero attached hydrogens (tertiary/aromatic N) is 2. The van der Waals surface area contributed by atoms with Crippen molar-refractivity contribution in [2.75, 3.05) is 18.9 Å². The van der Waals surface area contributed by atoms with Crippen LogP contribution in [0.1, 0.15) is 18.0 Å². The van der Waals surface area contributed by atoms with Gasteiger partial charge in [-0.15, -0.1) is 0 Å². The molecule has 1 saturated heterocycles. The molecule has 18 heavy (non-hydrogen) atoms. The van der Waals surface area contributed by atoms with Gasteiger partial charge in [0.15, 0.2) is 0 Å². The van der Waals surface area contributed by atoms with Gasteiger partial charge in [-0.05, 0) is 13.3 Å². The fourth-order valence-corrected chi connectivity index (χ4v) is 2.08. The van der Waals surface area contributed by atoms with Gasteiger partial charge in [-0.25, -0.2) is 0 Å². The highest BCUT2D eigenvalue weighted by Crippen LogP contribution is 2.25. The van der Waals surface area contributed by atoms with E-state index in [0.717, 1.165) is 0 Å². The van der Waals surface area contributed by atoms with Crippen LogP contribution in [0.15, 0.2) is 11.0 Å². The van der Waals surface area contributed by atoms with Crippen molar-refractivity contribution >= 4 is 5.95 Å². The normalized spacial score (nSPS) is 28.3. The lowest BCUT2D eigenvalue weighted by Crippen LogP contribution is -2.42. The van der Waals surface area contributed by atoms with Crippen LogP contribution in [0, 0.1) is 6.92 Å². The van der Waals surface area contributed by atoms with E-state index in [2.05, 4.69) is 4.98 Å². The zero-order valence-corrected chi connectivity index (χ0v) is 10.1. The Morgan fingerprint density at radius 1 is 1.67 bits per heavy atom. The minimum atomic E-state index is -0.757. The number of aliphatic hydroxyl groups is 2. The molecule has 0 unspecified atom stereocenters. The van der Waals surface area contributed by atoms with E-state index in [9.17, 15) is 9.90 Å². The van der Waals surface area contributed by atoms with Crippen LogP contribution in [0.25, 0.3) is 0 Å². The van der Waals surface area contributed by atoms with Crippen LogP contribution >= 0.6 is 0 Å². The first-order valence-electron chi connectivity index (χ1n) is 5.78. The molecule has 2 rings (SSSR count). The summed E-state index contributed by atoms with van der Waals surface area (Å²) in [4.78, 5) is 15.0. The lowest BCUT2D eigenvalue weighted by Gasteiger charge is -2.34. The minimum Gasteiger partial charge on any atom is -0.394 e. The van der Waals surface area contributed by atoms with Gasteiger partial charge in [0.1, 0.15) is 6.10 Å². The zero-order valence-electron chi connectivity index (χ0n) is 10.1. The summed E-state index contributed by atoms with van der Waals surface area (Å²) in [6, 6.07) is -0.186. The molecule has 1 aliphatic rings. The summed E-state index contributed by atoms with van der Waals surface area (Å²) >= 11 is 0. The minimum absolute atomic E-state index is 0.105. The summed E-state index contributed by atoms with van der Waals surface area (Å²) in [6.45, 7) is 1.75. The average molecular weight is 255 g/mol. The summed E-state index contributed by atoms with van der Waals surface area (Å²) in [6.07, 6.45) is 0.702. The van der Waals surface area contributed by atoms with Gasteiger partial charge >= 0.3 is 0 Å². The van der Waals surface area contributed by atoms with Crippen LogP contribution in [0.5, 0.6) is 0 Å². The molecule has 1 aromatic heterocycles. The fraction of sp³-hybridized carbons (Fsp3) is 0.636. The van der Waals surface area contributed by atoms with Gasteiger partial charge in [-0.1, -0.05) is 0 Å². The highest BCUT2D eigenvalue weighted by Gasteiger charge is 2.30. The Bertz CT molecular complexity index is 488. The van der Waals surface area contributed by atoms with Gasteiger partial charge in [-0.3, -0.25) is 4.79 Å². The molecule has 3 atom stereocenters. The van der Waals surface area contributed by atoms with Gasteiger partial charge in [-0.2, -0.15) is 4.98 Å². The van der Waals surface area contributed by atoms with Crippen LogP contribution in [-0.4, -0.2) is 45.2 Å². The number of hydrogen-bond acceptors (Lipinski definition) is 6. The molecule has 0 radical (unpaired) electrons. The van der Waals surface area contributed by atoms with E-state index in [0.29, 0.717) is 18.6 Å². The maximum atomic E-state index is 11.3. The quantitative estimate of drug-likeness (QED) is 0.613. The smallest absolute Gasteiger partial charge is 0.277 e. The fourth-order valence-electron chi connectivity index (χ4n) is 2.08. The summed E-state index contributed by atoms with van der Waals surface area (Å²) in [7, 11) is 0. The molecule has 100 valence electrons. The van der Waals surface area contributed by atoms with Gasteiger partial charge in [0, 0.05) is 11.8 Å². The molecular formula is C11H17N3O4. The molecule has 7 nitrogen and oxygen atoms in total. The molecule has 0 aliphatic carbocycles. The third-order valence-electron chi connectivity index (χ3n) is 3.17. The molecule has 1 fully saturated rings. The zero-order chi connectivity index (χ0) is 13.3. The first kappa shape index (κ1) is 13.0. The Kier molecular flexibility index (Phi) is 3.65. The summed E-state index contributed by atoms with van der Waals surface area (Å²) in [5.41, 5.74) is 5.84. The standard InChI is InChI=1S/C11H17N3O4/c1-6-3-14(11(12)13-10(6)17)7-2-8(16)9(4-15)18-5-7/h3,7-9,15-16H,2,4-5H2,1H3,(H2,12,13,17)/t7-,8-,9+/m0/s1. The van der Waals surface area contributed by atoms with Crippen molar-refractivity contribution in [2.24, 2.45) is 0 Å². The summed E-state index contributed by atoms with van der Waals surface area (Å²) in [5.74, 6) is 0.105. The van der Waals surface area contributed by atoms with E-state index in [1.54, 1.807) is 17.7 Å². The van der Waals surface area contributed by atoms with Crippen molar-refractivity contribution in [3.05, 3.63) is 22.1 Å². The molecule has 0 amide bonds. The van der Waals surface area contributed by atoms with Crippen molar-refractivity contribution < 1.29 is 14.9 Å². The maximum Gasteiger partial charge on any atom is 0.277 e. The van der Waals surface area contributed by atoms with Gasteiger partial charge < -0.3 is 25.3 Å². The molecule has 0 bridgehead atoms. The molecule has 4 N–H and O–H groups in total. The van der Waals surface area contributed by atoms with Crippen LogP contribution in [0.3, 0.4) is 0 Å². The highest BCUT2D eigenvalue weighted by atomic mass is 16.5. The largest absolute Gasteiger partial charge is 0.394 e. The number of rotatable bonds is 2. The van der Waals surface area contributed by atoms with Gasteiger partial charge in [0.05, 0.1) is 25.4 Å². The number of aliphatic hydroxyl groups excluding tert-OH is 2. The number of ether oxygens (including phenoxy) is 1. The average Bonchev–Trinajstić information content (AvgIpc) is 2.33. The molecule has 0 aromatic carbocycles. The number of aryl methyl sites for hydroxylation is 1. The molecular weight excluding hydrogens is 238 g/mol. The third-order valence-corrected chi connectivity index (χ3v) is 3.17. The number of nitrogens with two attached hydrogens (primary N) is 1. The van der Waals surface area contributed by atoms with E-state index in [1.165, 1.54) is 0 Å².